The normalized spacial score (nSPS) is 15.6. The molecule has 272 valence electrons. The second-order valence-electron chi connectivity index (χ2n) is 13.6. The van der Waals surface area contributed by atoms with Crippen LogP contribution in [-0.2, 0) is 11.6 Å². The molecule has 0 saturated carbocycles. The maximum atomic E-state index is 13.4. The van der Waals surface area contributed by atoms with E-state index < -0.39 is 29.9 Å². The van der Waals surface area contributed by atoms with Crippen molar-refractivity contribution in [1.82, 2.24) is 5.32 Å². The largest absolute Gasteiger partial charge is 0.416 e. The van der Waals surface area contributed by atoms with Gasteiger partial charge in [-0.2, -0.15) is 26.3 Å². The highest BCUT2D eigenvalue weighted by Crippen LogP contribution is 2.54. The third kappa shape index (κ3) is 6.86. The molecule has 7 rings (SSSR count). The van der Waals surface area contributed by atoms with Gasteiger partial charge in [0.1, 0.15) is 6.54 Å². The maximum Gasteiger partial charge on any atom is 0.416 e. The number of benzene rings is 5. The topological polar surface area (TPSA) is 39.3 Å². The molecule has 0 radical (unpaired) electrons. The highest BCUT2D eigenvalue weighted by atomic mass is 19.4. The lowest BCUT2D eigenvalue weighted by molar-refractivity contribution is -0.137. The van der Waals surface area contributed by atoms with Crippen molar-refractivity contribution >= 4 is 22.8 Å². The SMILES string of the molecule is C=C(Nc1ccc2c(c1)N(C)C(CCCC1(C(=C)NCC(F)(F)F)c3ccccc3-c3ccccc31)N2)c1ccccc1-c1ccc(C(F)(F)F)cc1. The van der Waals surface area contributed by atoms with E-state index in [-0.39, 0.29) is 6.17 Å². The smallest absolute Gasteiger partial charge is 0.379 e. The number of nitrogens with one attached hydrogen (secondary N) is 3. The van der Waals surface area contributed by atoms with Crippen LogP contribution in [0.4, 0.5) is 43.4 Å². The lowest BCUT2D eigenvalue weighted by Crippen LogP contribution is -2.39. The first-order valence-corrected chi connectivity index (χ1v) is 17.3. The fraction of sp³-hybridized carbons (Fsp3) is 0.209. The molecule has 0 amide bonds. The van der Waals surface area contributed by atoms with Crippen molar-refractivity contribution in [3.63, 3.8) is 0 Å². The van der Waals surface area contributed by atoms with E-state index in [1.165, 1.54) is 12.1 Å². The van der Waals surface area contributed by atoms with Crippen LogP contribution in [0.1, 0.15) is 41.5 Å². The van der Waals surface area contributed by atoms with Gasteiger partial charge in [0.15, 0.2) is 0 Å². The summed E-state index contributed by atoms with van der Waals surface area (Å²) >= 11 is 0. The Morgan fingerprint density at radius 2 is 1.38 bits per heavy atom. The second kappa shape index (κ2) is 13.7. The minimum absolute atomic E-state index is 0.0656. The number of nitrogens with zero attached hydrogens (tertiary/aromatic N) is 1. The van der Waals surface area contributed by atoms with Crippen molar-refractivity contribution in [3.8, 4) is 22.3 Å². The number of halogens is 6. The molecule has 4 nitrogen and oxygen atoms in total. The third-order valence-corrected chi connectivity index (χ3v) is 10.3. The zero-order valence-electron chi connectivity index (χ0n) is 29.0. The van der Waals surface area contributed by atoms with E-state index >= 15 is 0 Å². The van der Waals surface area contributed by atoms with Crippen LogP contribution in [0.5, 0.6) is 0 Å². The second-order valence-corrected chi connectivity index (χ2v) is 13.6. The lowest BCUT2D eigenvalue weighted by atomic mass is 9.71. The molecule has 1 atom stereocenters. The third-order valence-electron chi connectivity index (χ3n) is 10.3. The fourth-order valence-corrected chi connectivity index (χ4v) is 7.80. The molecule has 0 saturated heterocycles. The Morgan fingerprint density at radius 3 is 2.00 bits per heavy atom. The first kappa shape index (κ1) is 35.7. The summed E-state index contributed by atoms with van der Waals surface area (Å²) in [5, 5.41) is 9.63. The van der Waals surface area contributed by atoms with Crippen LogP contribution in [0, 0.1) is 0 Å². The molecule has 2 aliphatic rings. The van der Waals surface area contributed by atoms with E-state index in [2.05, 4.69) is 34.0 Å². The molecule has 1 aliphatic heterocycles. The molecule has 0 aromatic heterocycles. The Kier molecular flexibility index (Phi) is 9.26. The van der Waals surface area contributed by atoms with Gasteiger partial charge in [0.2, 0.25) is 0 Å². The van der Waals surface area contributed by atoms with Gasteiger partial charge in [-0.05, 0) is 83.0 Å². The lowest BCUT2D eigenvalue weighted by Gasteiger charge is -2.36. The number of rotatable bonds is 11. The van der Waals surface area contributed by atoms with Crippen molar-refractivity contribution in [3.05, 3.63) is 156 Å². The minimum Gasteiger partial charge on any atom is -0.379 e. The van der Waals surface area contributed by atoms with E-state index in [1.54, 1.807) is 0 Å². The van der Waals surface area contributed by atoms with Gasteiger partial charge in [0, 0.05) is 29.7 Å². The summed E-state index contributed by atoms with van der Waals surface area (Å²) in [7, 11) is 2.00. The van der Waals surface area contributed by atoms with Crippen LogP contribution >= 0.6 is 0 Å². The van der Waals surface area contributed by atoms with Gasteiger partial charge in [-0.15, -0.1) is 0 Å². The first-order valence-electron chi connectivity index (χ1n) is 17.3. The van der Waals surface area contributed by atoms with Crippen LogP contribution in [0.2, 0.25) is 0 Å². The molecule has 1 heterocycles. The van der Waals surface area contributed by atoms with Gasteiger partial charge in [-0.1, -0.05) is 98.1 Å². The summed E-state index contributed by atoms with van der Waals surface area (Å²) in [6.07, 6.45) is -6.92. The number of anilines is 3. The molecule has 0 fully saturated rings. The highest BCUT2D eigenvalue weighted by molar-refractivity contribution is 5.88. The molecule has 5 aromatic carbocycles. The molecule has 1 aliphatic carbocycles. The molecular weight excluding hydrogens is 686 g/mol. The zero-order chi connectivity index (χ0) is 37.5. The summed E-state index contributed by atoms with van der Waals surface area (Å²) in [5.41, 5.74) is 8.14. The van der Waals surface area contributed by atoms with Crippen LogP contribution in [-0.4, -0.2) is 25.9 Å². The predicted octanol–water partition coefficient (Wildman–Crippen LogP) is 11.4. The van der Waals surface area contributed by atoms with Gasteiger partial charge in [-0.25, -0.2) is 0 Å². The van der Waals surface area contributed by atoms with Crippen molar-refractivity contribution in [2.45, 2.75) is 43.2 Å². The van der Waals surface area contributed by atoms with E-state index in [0.29, 0.717) is 36.2 Å². The van der Waals surface area contributed by atoms with E-state index in [4.69, 9.17) is 0 Å². The summed E-state index contributed by atoms with van der Waals surface area (Å²) in [6, 6.07) is 34.2. The van der Waals surface area contributed by atoms with Crippen molar-refractivity contribution < 1.29 is 26.3 Å². The molecule has 1 unspecified atom stereocenters. The Hall–Kier alpha value is -5.64. The molecule has 0 bridgehead atoms. The summed E-state index contributed by atoms with van der Waals surface area (Å²) in [6.45, 7) is 7.30. The predicted molar refractivity (Wildman–Crippen MR) is 201 cm³/mol. The van der Waals surface area contributed by atoms with E-state index in [9.17, 15) is 26.3 Å². The average Bonchev–Trinajstić information content (AvgIpc) is 3.61. The fourth-order valence-electron chi connectivity index (χ4n) is 7.80. The zero-order valence-corrected chi connectivity index (χ0v) is 29.0. The van der Waals surface area contributed by atoms with E-state index in [1.807, 2.05) is 98.0 Å². The molecule has 53 heavy (non-hydrogen) atoms. The van der Waals surface area contributed by atoms with Gasteiger partial charge in [0.25, 0.3) is 0 Å². The first-order chi connectivity index (χ1) is 25.3. The summed E-state index contributed by atoms with van der Waals surface area (Å²) < 4.78 is 79.8. The minimum atomic E-state index is -4.42. The molecular formula is C43H38F6N4. The van der Waals surface area contributed by atoms with E-state index in [0.717, 1.165) is 62.6 Å². The quantitative estimate of drug-likeness (QED) is 0.119. The standard InChI is InChI=1S/C43H38F6N4/c1-27(32-11-4-5-12-33(32)29-18-20-30(21-19-29)43(47,48)49)51-31-22-23-38-39(25-31)53(3)40(52-38)17-10-24-41(28(2)50-26-42(44,45)46)36-15-8-6-13-34(36)35-14-7-9-16-37(35)41/h4-9,11-16,18-23,25,40,50-52H,1-2,10,17,24,26H2,3H3. The molecule has 3 N–H and O–H groups in total. The summed E-state index contributed by atoms with van der Waals surface area (Å²) in [4.78, 5) is 2.15. The number of alkyl halides is 6. The Bertz CT molecular complexity index is 2120. The van der Waals surface area contributed by atoms with Crippen molar-refractivity contribution in [2.24, 2.45) is 0 Å². The summed E-state index contributed by atoms with van der Waals surface area (Å²) in [5.74, 6) is 0. The van der Waals surface area contributed by atoms with Crippen LogP contribution in [0.3, 0.4) is 0 Å². The van der Waals surface area contributed by atoms with Crippen LogP contribution in [0.15, 0.2) is 134 Å². The van der Waals surface area contributed by atoms with Crippen LogP contribution < -0.4 is 20.9 Å². The molecule has 0 spiro atoms. The molecule has 10 heteroatoms. The van der Waals surface area contributed by atoms with Gasteiger partial charge in [0.05, 0.1) is 28.5 Å². The average molecular weight is 725 g/mol. The Balaban J connectivity index is 1.07. The molecule has 5 aromatic rings. The number of hydrogen-bond acceptors (Lipinski definition) is 4. The Labute approximate surface area is 304 Å². The van der Waals surface area contributed by atoms with Gasteiger partial charge < -0.3 is 20.9 Å². The monoisotopic (exact) mass is 724 g/mol. The Morgan fingerprint density at radius 1 is 0.774 bits per heavy atom. The van der Waals surface area contributed by atoms with Gasteiger partial charge >= 0.3 is 12.4 Å². The van der Waals surface area contributed by atoms with Gasteiger partial charge in [-0.3, -0.25) is 0 Å². The van der Waals surface area contributed by atoms with Crippen LogP contribution in [0.25, 0.3) is 28.0 Å². The van der Waals surface area contributed by atoms with Crippen molar-refractivity contribution in [1.29, 1.82) is 0 Å². The number of hydrogen-bond donors (Lipinski definition) is 3. The van der Waals surface area contributed by atoms with Crippen molar-refractivity contribution in [2.75, 3.05) is 29.1 Å². The number of fused-ring (bicyclic) bond motifs is 4. The maximum absolute atomic E-state index is 13.4. The number of allylic oxidation sites excluding steroid dienone is 1. The highest BCUT2D eigenvalue weighted by Gasteiger charge is 2.46.